The van der Waals surface area contributed by atoms with E-state index in [1.165, 1.54) is 0 Å². The standard InChI is InChI=1S/C18H25N3O3/c19-16-2-1-14(11-21-6-5-20-18(23)12-21)9-15(16)17(22)10-13-3-7-24-8-4-13/h1-2,9,13H,3-8,10-12,19H2,(H,20,23). The molecule has 0 aliphatic carbocycles. The first-order valence-electron chi connectivity index (χ1n) is 8.60. The monoisotopic (exact) mass is 331 g/mol. The minimum absolute atomic E-state index is 0.0486. The van der Waals surface area contributed by atoms with E-state index in [1.807, 2.05) is 12.1 Å². The maximum atomic E-state index is 12.6. The Morgan fingerprint density at radius 3 is 2.88 bits per heavy atom. The number of Topliss-reactive ketones (excluding diaryl/α,β-unsaturated/α-hetero) is 1. The molecule has 1 amide bonds. The molecule has 0 unspecified atom stereocenters. The fraction of sp³-hybridized carbons (Fsp3) is 0.556. The highest BCUT2D eigenvalue weighted by molar-refractivity contribution is 6.01. The molecule has 0 aromatic heterocycles. The molecule has 3 rings (SSSR count). The van der Waals surface area contributed by atoms with Crippen molar-refractivity contribution in [3.63, 3.8) is 0 Å². The molecule has 24 heavy (non-hydrogen) atoms. The molecule has 1 aromatic rings. The molecule has 2 aliphatic heterocycles. The van der Waals surface area contributed by atoms with Gasteiger partial charge in [-0.2, -0.15) is 0 Å². The van der Waals surface area contributed by atoms with Crippen molar-refractivity contribution in [2.75, 3.05) is 38.6 Å². The largest absolute Gasteiger partial charge is 0.398 e. The van der Waals surface area contributed by atoms with Gasteiger partial charge in [0.25, 0.3) is 0 Å². The van der Waals surface area contributed by atoms with Crippen molar-refractivity contribution in [3.05, 3.63) is 29.3 Å². The molecular formula is C18H25N3O3. The molecule has 0 atom stereocenters. The Labute approximate surface area is 142 Å². The molecule has 6 nitrogen and oxygen atoms in total. The first-order valence-corrected chi connectivity index (χ1v) is 8.60. The number of ether oxygens (including phenoxy) is 1. The second-order valence-corrected chi connectivity index (χ2v) is 6.67. The fourth-order valence-electron chi connectivity index (χ4n) is 3.35. The SMILES string of the molecule is Nc1ccc(CN2CCNC(=O)C2)cc1C(=O)CC1CCOCC1. The van der Waals surface area contributed by atoms with Crippen LogP contribution in [0.25, 0.3) is 0 Å². The number of nitrogens with zero attached hydrogens (tertiary/aromatic N) is 1. The summed E-state index contributed by atoms with van der Waals surface area (Å²) in [4.78, 5) is 26.2. The van der Waals surface area contributed by atoms with Gasteiger partial charge in [0, 0.05) is 50.5 Å². The van der Waals surface area contributed by atoms with E-state index in [0.717, 1.165) is 38.2 Å². The van der Waals surface area contributed by atoms with E-state index in [2.05, 4.69) is 10.2 Å². The third kappa shape index (κ3) is 4.33. The number of piperazine rings is 1. The van der Waals surface area contributed by atoms with Gasteiger partial charge in [-0.3, -0.25) is 14.5 Å². The molecule has 2 aliphatic rings. The molecule has 0 spiro atoms. The van der Waals surface area contributed by atoms with E-state index in [4.69, 9.17) is 10.5 Å². The maximum absolute atomic E-state index is 12.6. The normalized spacial score (nSPS) is 19.9. The number of carbonyl (C=O) groups excluding carboxylic acids is 2. The summed E-state index contributed by atoms with van der Waals surface area (Å²) < 4.78 is 5.35. The number of hydrogen-bond donors (Lipinski definition) is 2. The van der Waals surface area contributed by atoms with E-state index in [0.29, 0.717) is 43.2 Å². The van der Waals surface area contributed by atoms with Crippen LogP contribution in [0.2, 0.25) is 0 Å². The molecular weight excluding hydrogens is 306 g/mol. The molecule has 1 aromatic carbocycles. The lowest BCUT2D eigenvalue weighted by molar-refractivity contribution is -0.124. The first-order chi connectivity index (χ1) is 11.6. The van der Waals surface area contributed by atoms with Gasteiger partial charge in [-0.25, -0.2) is 0 Å². The van der Waals surface area contributed by atoms with Crippen molar-refractivity contribution < 1.29 is 14.3 Å². The maximum Gasteiger partial charge on any atom is 0.234 e. The lowest BCUT2D eigenvalue weighted by atomic mass is 9.91. The van der Waals surface area contributed by atoms with Crippen LogP contribution in [0, 0.1) is 5.92 Å². The third-order valence-electron chi connectivity index (χ3n) is 4.76. The van der Waals surface area contributed by atoms with Gasteiger partial charge < -0.3 is 15.8 Å². The summed E-state index contributed by atoms with van der Waals surface area (Å²) in [6, 6.07) is 5.63. The van der Waals surface area contributed by atoms with Gasteiger partial charge in [0.05, 0.1) is 6.54 Å². The number of anilines is 1. The van der Waals surface area contributed by atoms with Crippen molar-refractivity contribution in [1.29, 1.82) is 0 Å². The Morgan fingerprint density at radius 1 is 1.33 bits per heavy atom. The molecule has 6 heteroatoms. The summed E-state index contributed by atoms with van der Waals surface area (Å²) >= 11 is 0. The lowest BCUT2D eigenvalue weighted by Crippen LogP contribution is -2.47. The predicted molar refractivity (Wildman–Crippen MR) is 91.6 cm³/mol. The van der Waals surface area contributed by atoms with Crippen LogP contribution >= 0.6 is 0 Å². The van der Waals surface area contributed by atoms with Crippen LogP contribution in [0.4, 0.5) is 5.69 Å². The van der Waals surface area contributed by atoms with Gasteiger partial charge >= 0.3 is 0 Å². The number of carbonyl (C=O) groups is 2. The fourth-order valence-corrected chi connectivity index (χ4v) is 3.35. The second kappa shape index (κ2) is 7.77. The average Bonchev–Trinajstić information content (AvgIpc) is 2.57. The van der Waals surface area contributed by atoms with Crippen molar-refractivity contribution >= 4 is 17.4 Å². The van der Waals surface area contributed by atoms with Crippen molar-refractivity contribution in [1.82, 2.24) is 10.2 Å². The Bertz CT molecular complexity index is 612. The molecule has 0 bridgehead atoms. The summed E-state index contributed by atoms with van der Waals surface area (Å²) in [6.45, 7) is 4.03. The van der Waals surface area contributed by atoms with E-state index in [1.54, 1.807) is 6.07 Å². The highest BCUT2D eigenvalue weighted by Crippen LogP contribution is 2.24. The predicted octanol–water partition coefficient (Wildman–Crippen LogP) is 1.20. The summed E-state index contributed by atoms with van der Waals surface area (Å²) in [6.07, 6.45) is 2.41. The summed E-state index contributed by atoms with van der Waals surface area (Å²) in [7, 11) is 0. The number of amides is 1. The summed E-state index contributed by atoms with van der Waals surface area (Å²) in [5.41, 5.74) is 8.20. The van der Waals surface area contributed by atoms with Crippen LogP contribution in [0.5, 0.6) is 0 Å². The number of hydrogen-bond acceptors (Lipinski definition) is 5. The van der Waals surface area contributed by atoms with Crippen LogP contribution in [0.15, 0.2) is 18.2 Å². The molecule has 130 valence electrons. The summed E-state index contributed by atoms with van der Waals surface area (Å²) in [5, 5.41) is 2.82. The second-order valence-electron chi connectivity index (χ2n) is 6.67. The number of benzene rings is 1. The molecule has 3 N–H and O–H groups in total. The Morgan fingerprint density at radius 2 is 2.12 bits per heavy atom. The van der Waals surface area contributed by atoms with Crippen LogP contribution in [0.1, 0.15) is 35.2 Å². The number of ketones is 1. The molecule has 0 saturated carbocycles. The van der Waals surface area contributed by atoms with Crippen LogP contribution < -0.4 is 11.1 Å². The lowest BCUT2D eigenvalue weighted by Gasteiger charge is -2.26. The van der Waals surface area contributed by atoms with Gasteiger partial charge in [-0.15, -0.1) is 0 Å². The smallest absolute Gasteiger partial charge is 0.234 e. The zero-order valence-corrected chi connectivity index (χ0v) is 13.9. The zero-order chi connectivity index (χ0) is 16.9. The Hall–Kier alpha value is -1.92. The minimum Gasteiger partial charge on any atom is -0.398 e. The van der Waals surface area contributed by atoms with Crippen LogP contribution in [-0.4, -0.2) is 49.4 Å². The highest BCUT2D eigenvalue weighted by Gasteiger charge is 2.21. The van der Waals surface area contributed by atoms with Crippen LogP contribution in [0.3, 0.4) is 0 Å². The van der Waals surface area contributed by atoms with E-state index >= 15 is 0 Å². The van der Waals surface area contributed by atoms with E-state index in [-0.39, 0.29) is 11.7 Å². The number of nitrogen functional groups attached to an aromatic ring is 1. The first kappa shape index (κ1) is 16.9. The van der Waals surface area contributed by atoms with Crippen LogP contribution in [-0.2, 0) is 16.1 Å². The Kier molecular flexibility index (Phi) is 5.48. The molecule has 2 saturated heterocycles. The van der Waals surface area contributed by atoms with Gasteiger partial charge in [-0.1, -0.05) is 6.07 Å². The molecule has 2 heterocycles. The van der Waals surface area contributed by atoms with E-state index in [9.17, 15) is 9.59 Å². The number of rotatable bonds is 5. The summed E-state index contributed by atoms with van der Waals surface area (Å²) in [5.74, 6) is 0.547. The van der Waals surface area contributed by atoms with Crippen molar-refractivity contribution in [2.45, 2.75) is 25.8 Å². The topological polar surface area (TPSA) is 84.7 Å². The highest BCUT2D eigenvalue weighted by atomic mass is 16.5. The van der Waals surface area contributed by atoms with Gasteiger partial charge in [0.15, 0.2) is 5.78 Å². The minimum atomic E-state index is 0.0486. The van der Waals surface area contributed by atoms with Gasteiger partial charge in [0.1, 0.15) is 0 Å². The quantitative estimate of drug-likeness (QED) is 0.625. The van der Waals surface area contributed by atoms with Gasteiger partial charge in [-0.05, 0) is 36.5 Å². The third-order valence-corrected chi connectivity index (χ3v) is 4.76. The average molecular weight is 331 g/mol. The molecule has 2 fully saturated rings. The Balaban J connectivity index is 1.66. The molecule has 0 radical (unpaired) electrons. The van der Waals surface area contributed by atoms with E-state index < -0.39 is 0 Å². The number of nitrogens with one attached hydrogen (secondary N) is 1. The zero-order valence-electron chi connectivity index (χ0n) is 13.9. The van der Waals surface area contributed by atoms with Gasteiger partial charge in [0.2, 0.25) is 5.91 Å². The van der Waals surface area contributed by atoms with Crippen molar-refractivity contribution in [3.8, 4) is 0 Å². The van der Waals surface area contributed by atoms with Crippen molar-refractivity contribution in [2.24, 2.45) is 5.92 Å². The number of nitrogens with two attached hydrogens (primary N) is 1.